The molecule has 0 aliphatic carbocycles. The average molecular weight is 470 g/mol. The van der Waals surface area contributed by atoms with Crippen molar-refractivity contribution in [1.29, 1.82) is 0 Å². The summed E-state index contributed by atoms with van der Waals surface area (Å²) in [5.41, 5.74) is 1.99. The zero-order chi connectivity index (χ0) is 21.0. The topological polar surface area (TPSA) is 44.5 Å². The number of aromatic nitrogens is 1. The number of aryl methyl sites for hydroxylation is 1. The SMILES string of the molecule is COC(COCc1cccc(C(F)(F)F)c1)c1c(C)noc1-c1ccc(Br)cc1. The van der Waals surface area contributed by atoms with Crippen LogP contribution in [0.5, 0.6) is 0 Å². The van der Waals surface area contributed by atoms with Gasteiger partial charge < -0.3 is 14.0 Å². The summed E-state index contributed by atoms with van der Waals surface area (Å²) in [4.78, 5) is 0. The molecule has 29 heavy (non-hydrogen) atoms. The third-order valence-corrected chi connectivity index (χ3v) is 4.94. The van der Waals surface area contributed by atoms with Gasteiger partial charge in [0.05, 0.1) is 30.0 Å². The Hall–Kier alpha value is -2.16. The van der Waals surface area contributed by atoms with Gasteiger partial charge in [-0.15, -0.1) is 0 Å². The van der Waals surface area contributed by atoms with Crippen LogP contribution in [0.2, 0.25) is 0 Å². The Kier molecular flexibility index (Phi) is 6.77. The number of methoxy groups -OCH3 is 1. The van der Waals surface area contributed by atoms with Crippen LogP contribution in [-0.4, -0.2) is 18.9 Å². The third kappa shape index (κ3) is 5.26. The highest BCUT2D eigenvalue weighted by Gasteiger charge is 2.30. The maximum absolute atomic E-state index is 12.9. The van der Waals surface area contributed by atoms with Crippen molar-refractivity contribution in [3.63, 3.8) is 0 Å². The maximum Gasteiger partial charge on any atom is 0.416 e. The van der Waals surface area contributed by atoms with E-state index in [9.17, 15) is 13.2 Å². The van der Waals surface area contributed by atoms with Gasteiger partial charge in [0, 0.05) is 17.1 Å². The summed E-state index contributed by atoms with van der Waals surface area (Å²) in [6, 6.07) is 12.6. The van der Waals surface area contributed by atoms with E-state index in [-0.39, 0.29) is 13.2 Å². The fraction of sp³-hybridized carbons (Fsp3) is 0.286. The molecule has 1 heterocycles. The highest BCUT2D eigenvalue weighted by atomic mass is 79.9. The Labute approximate surface area is 174 Å². The van der Waals surface area contributed by atoms with Crippen LogP contribution in [-0.2, 0) is 22.3 Å². The van der Waals surface area contributed by atoms with Gasteiger partial charge in [-0.05, 0) is 36.8 Å². The van der Waals surface area contributed by atoms with E-state index < -0.39 is 17.8 Å². The molecule has 8 heteroatoms. The molecular weight excluding hydrogens is 451 g/mol. The molecule has 0 fully saturated rings. The lowest BCUT2D eigenvalue weighted by molar-refractivity contribution is -0.137. The number of hydrogen-bond acceptors (Lipinski definition) is 4. The number of hydrogen-bond donors (Lipinski definition) is 0. The average Bonchev–Trinajstić information content (AvgIpc) is 3.07. The number of nitrogens with zero attached hydrogens (tertiary/aromatic N) is 1. The van der Waals surface area contributed by atoms with Gasteiger partial charge in [-0.2, -0.15) is 13.2 Å². The summed E-state index contributed by atoms with van der Waals surface area (Å²) in [6.45, 7) is 1.97. The Morgan fingerprint density at radius 1 is 1.14 bits per heavy atom. The van der Waals surface area contributed by atoms with Gasteiger partial charge in [0.1, 0.15) is 6.10 Å². The van der Waals surface area contributed by atoms with Crippen LogP contribution in [0.1, 0.15) is 28.5 Å². The standard InChI is InChI=1S/C21H19BrF3NO3/c1-13-19(20(29-26-13)15-6-8-17(22)9-7-15)18(27-2)12-28-11-14-4-3-5-16(10-14)21(23,24)25/h3-10,18H,11-12H2,1-2H3. The van der Waals surface area contributed by atoms with E-state index in [2.05, 4.69) is 21.1 Å². The molecule has 1 unspecified atom stereocenters. The lowest BCUT2D eigenvalue weighted by Gasteiger charge is -2.17. The van der Waals surface area contributed by atoms with Crippen LogP contribution in [0.15, 0.2) is 57.5 Å². The molecule has 3 rings (SSSR count). The molecule has 0 aliphatic rings. The first-order valence-electron chi connectivity index (χ1n) is 8.78. The van der Waals surface area contributed by atoms with Crippen molar-refractivity contribution in [3.05, 3.63) is 75.4 Å². The van der Waals surface area contributed by atoms with Crippen LogP contribution in [0.3, 0.4) is 0 Å². The maximum atomic E-state index is 12.9. The van der Waals surface area contributed by atoms with Crippen LogP contribution in [0.4, 0.5) is 13.2 Å². The second kappa shape index (κ2) is 9.11. The number of alkyl halides is 3. The smallest absolute Gasteiger partial charge is 0.374 e. The summed E-state index contributed by atoms with van der Waals surface area (Å²) in [5.74, 6) is 0.574. The van der Waals surface area contributed by atoms with Gasteiger partial charge in [-0.3, -0.25) is 0 Å². The number of ether oxygens (including phenoxy) is 2. The van der Waals surface area contributed by atoms with Crippen molar-refractivity contribution >= 4 is 15.9 Å². The highest BCUT2D eigenvalue weighted by molar-refractivity contribution is 9.10. The predicted molar refractivity (Wildman–Crippen MR) is 105 cm³/mol. The van der Waals surface area contributed by atoms with Crippen LogP contribution in [0.25, 0.3) is 11.3 Å². The molecule has 0 bridgehead atoms. The molecule has 4 nitrogen and oxygen atoms in total. The van der Waals surface area contributed by atoms with Gasteiger partial charge >= 0.3 is 6.18 Å². The molecular formula is C21H19BrF3NO3. The zero-order valence-electron chi connectivity index (χ0n) is 15.8. The minimum atomic E-state index is -4.38. The minimum Gasteiger partial charge on any atom is -0.374 e. The summed E-state index contributed by atoms with van der Waals surface area (Å²) in [7, 11) is 1.54. The van der Waals surface area contributed by atoms with E-state index in [1.54, 1.807) is 13.0 Å². The first kappa shape index (κ1) is 21.5. The summed E-state index contributed by atoms with van der Waals surface area (Å²) < 4.78 is 56.2. The molecule has 1 aromatic heterocycles. The van der Waals surface area contributed by atoms with Crippen molar-refractivity contribution in [1.82, 2.24) is 5.16 Å². The van der Waals surface area contributed by atoms with E-state index in [0.29, 0.717) is 17.0 Å². The Morgan fingerprint density at radius 3 is 2.52 bits per heavy atom. The van der Waals surface area contributed by atoms with Gasteiger partial charge in [0.25, 0.3) is 0 Å². The molecule has 2 aromatic carbocycles. The number of benzene rings is 2. The summed E-state index contributed by atoms with van der Waals surface area (Å²) in [6.07, 6.45) is -4.87. The second-order valence-corrected chi connectivity index (χ2v) is 7.37. The molecule has 0 saturated heterocycles. The van der Waals surface area contributed by atoms with Gasteiger partial charge in [0.15, 0.2) is 5.76 Å². The van der Waals surface area contributed by atoms with Crippen LogP contribution >= 0.6 is 15.9 Å². The van der Waals surface area contributed by atoms with Gasteiger partial charge in [0.2, 0.25) is 0 Å². The molecule has 0 aliphatic heterocycles. The van der Waals surface area contributed by atoms with Crippen molar-refractivity contribution in [2.75, 3.05) is 13.7 Å². The summed E-state index contributed by atoms with van der Waals surface area (Å²) >= 11 is 3.40. The number of rotatable bonds is 7. The van der Waals surface area contributed by atoms with E-state index in [1.807, 2.05) is 24.3 Å². The molecule has 0 spiro atoms. The van der Waals surface area contributed by atoms with Crippen molar-refractivity contribution in [3.8, 4) is 11.3 Å². The lowest BCUT2D eigenvalue weighted by Crippen LogP contribution is -2.12. The second-order valence-electron chi connectivity index (χ2n) is 6.46. The molecule has 1 atom stereocenters. The van der Waals surface area contributed by atoms with Crippen molar-refractivity contribution < 1.29 is 27.2 Å². The van der Waals surface area contributed by atoms with E-state index in [0.717, 1.165) is 27.7 Å². The zero-order valence-corrected chi connectivity index (χ0v) is 17.4. The highest BCUT2D eigenvalue weighted by Crippen LogP contribution is 2.34. The normalized spacial score (nSPS) is 12.9. The van der Waals surface area contributed by atoms with Gasteiger partial charge in [-0.1, -0.05) is 45.4 Å². The Bertz CT molecular complexity index is 955. The first-order valence-corrected chi connectivity index (χ1v) is 9.57. The third-order valence-electron chi connectivity index (χ3n) is 4.41. The monoisotopic (exact) mass is 469 g/mol. The number of halogens is 4. The molecule has 0 amide bonds. The van der Waals surface area contributed by atoms with E-state index >= 15 is 0 Å². The Balaban J connectivity index is 1.73. The lowest BCUT2D eigenvalue weighted by atomic mass is 10.0. The largest absolute Gasteiger partial charge is 0.416 e. The van der Waals surface area contributed by atoms with Crippen molar-refractivity contribution in [2.45, 2.75) is 25.8 Å². The fourth-order valence-electron chi connectivity index (χ4n) is 2.96. The predicted octanol–water partition coefficient (Wildman–Crippen LogP) is 6.34. The molecule has 154 valence electrons. The molecule has 0 saturated carbocycles. The van der Waals surface area contributed by atoms with Crippen LogP contribution < -0.4 is 0 Å². The van der Waals surface area contributed by atoms with E-state index in [1.165, 1.54) is 13.2 Å². The Morgan fingerprint density at radius 2 is 1.86 bits per heavy atom. The van der Waals surface area contributed by atoms with Crippen LogP contribution in [0, 0.1) is 6.92 Å². The fourth-order valence-corrected chi connectivity index (χ4v) is 3.22. The van der Waals surface area contributed by atoms with E-state index in [4.69, 9.17) is 14.0 Å². The first-order chi connectivity index (χ1) is 13.8. The van der Waals surface area contributed by atoms with Crippen molar-refractivity contribution in [2.24, 2.45) is 0 Å². The molecule has 0 N–H and O–H groups in total. The summed E-state index contributed by atoms with van der Waals surface area (Å²) in [5, 5.41) is 4.04. The molecule has 0 radical (unpaired) electrons. The molecule has 3 aromatic rings. The quantitative estimate of drug-likeness (QED) is 0.405. The minimum absolute atomic E-state index is 0.0295. The van der Waals surface area contributed by atoms with Gasteiger partial charge in [-0.25, -0.2) is 0 Å².